The fraction of sp³-hybridized carbons (Fsp3) is 0.158. The van der Waals surface area contributed by atoms with Crippen LogP contribution in [-0.2, 0) is 9.59 Å². The van der Waals surface area contributed by atoms with Crippen molar-refractivity contribution in [1.82, 2.24) is 0 Å². The number of alkyl halides is 3. The third kappa shape index (κ3) is 4.00. The predicted molar refractivity (Wildman–Crippen MR) is 97.1 cm³/mol. The molecule has 4 nitrogen and oxygen atoms in total. The van der Waals surface area contributed by atoms with E-state index < -0.39 is 23.9 Å². The molecule has 0 saturated heterocycles. The van der Waals surface area contributed by atoms with Crippen molar-refractivity contribution in [1.29, 1.82) is 0 Å². The summed E-state index contributed by atoms with van der Waals surface area (Å²) >= 11 is 1.26. The minimum atomic E-state index is -4.81. The fourth-order valence-corrected chi connectivity index (χ4v) is 3.53. The second-order valence-corrected chi connectivity index (χ2v) is 6.76. The molecule has 0 fully saturated rings. The van der Waals surface area contributed by atoms with Gasteiger partial charge in [-0.25, -0.2) is 4.90 Å². The molecular weight excluding hydrogens is 379 g/mol. The van der Waals surface area contributed by atoms with E-state index in [0.717, 1.165) is 17.0 Å². The summed E-state index contributed by atoms with van der Waals surface area (Å²) in [6.07, 6.45) is -4.81. The summed E-state index contributed by atoms with van der Waals surface area (Å²) in [5.41, 5.74) is 1.09. The number of amides is 2. The van der Waals surface area contributed by atoms with Crippen LogP contribution >= 0.6 is 11.8 Å². The molecule has 8 heteroatoms. The van der Waals surface area contributed by atoms with Gasteiger partial charge in [-0.3, -0.25) is 9.59 Å². The normalized spacial score (nSPS) is 14.9. The van der Waals surface area contributed by atoms with E-state index in [1.807, 2.05) is 6.92 Å². The minimum Gasteiger partial charge on any atom is -0.406 e. The van der Waals surface area contributed by atoms with E-state index in [0.29, 0.717) is 21.8 Å². The molecule has 0 N–H and O–H groups in total. The minimum absolute atomic E-state index is 0.180. The van der Waals surface area contributed by atoms with Gasteiger partial charge in [0, 0.05) is 0 Å². The molecule has 0 spiro atoms. The Balaban J connectivity index is 1.95. The average Bonchev–Trinajstić information content (AvgIpc) is 2.86. The summed E-state index contributed by atoms with van der Waals surface area (Å²) in [6.45, 7) is 1.87. The zero-order chi connectivity index (χ0) is 19.6. The number of carbonyl (C=O) groups excluding carboxylic acids is 2. The Labute approximate surface area is 157 Å². The molecule has 3 rings (SSSR count). The zero-order valence-corrected chi connectivity index (χ0v) is 14.9. The first-order chi connectivity index (χ1) is 12.8. The van der Waals surface area contributed by atoms with Gasteiger partial charge in [-0.2, -0.15) is 0 Å². The summed E-state index contributed by atoms with van der Waals surface area (Å²) < 4.78 is 40.7. The molecule has 0 atom stereocenters. The van der Waals surface area contributed by atoms with Gasteiger partial charge in [0.25, 0.3) is 11.8 Å². The van der Waals surface area contributed by atoms with E-state index in [1.54, 1.807) is 30.3 Å². The Morgan fingerprint density at radius 3 is 2.15 bits per heavy atom. The lowest BCUT2D eigenvalue weighted by molar-refractivity contribution is -0.274. The lowest BCUT2D eigenvalue weighted by Crippen LogP contribution is -2.31. The van der Waals surface area contributed by atoms with Crippen molar-refractivity contribution in [2.75, 3.05) is 10.7 Å². The number of nitrogens with zero attached hydrogens (tertiary/aromatic N) is 1. The van der Waals surface area contributed by atoms with E-state index in [2.05, 4.69) is 4.74 Å². The van der Waals surface area contributed by atoms with Gasteiger partial charge >= 0.3 is 6.36 Å². The van der Waals surface area contributed by atoms with Crippen LogP contribution in [0, 0.1) is 0 Å². The van der Waals surface area contributed by atoms with Crippen molar-refractivity contribution >= 4 is 34.8 Å². The molecule has 0 radical (unpaired) electrons. The number of anilines is 1. The van der Waals surface area contributed by atoms with Crippen LogP contribution in [0.5, 0.6) is 5.75 Å². The Morgan fingerprint density at radius 2 is 1.59 bits per heavy atom. The van der Waals surface area contributed by atoms with Crippen LogP contribution in [0.25, 0.3) is 5.57 Å². The number of rotatable bonds is 5. The monoisotopic (exact) mass is 393 g/mol. The van der Waals surface area contributed by atoms with Gasteiger partial charge < -0.3 is 4.74 Å². The first-order valence-electron chi connectivity index (χ1n) is 7.99. The van der Waals surface area contributed by atoms with Crippen LogP contribution in [0.15, 0.2) is 59.5 Å². The Bertz CT molecular complexity index is 893. The van der Waals surface area contributed by atoms with E-state index in [-0.39, 0.29) is 5.69 Å². The van der Waals surface area contributed by atoms with Crippen molar-refractivity contribution in [3.05, 3.63) is 65.1 Å². The molecule has 140 valence electrons. The summed E-state index contributed by atoms with van der Waals surface area (Å²) in [7, 11) is 0. The number of benzene rings is 2. The van der Waals surface area contributed by atoms with Crippen LogP contribution in [-0.4, -0.2) is 23.9 Å². The number of thioether (sulfide) groups is 1. The third-order valence-corrected chi connectivity index (χ3v) is 4.68. The van der Waals surface area contributed by atoms with E-state index in [4.69, 9.17) is 0 Å². The summed E-state index contributed by atoms with van der Waals surface area (Å²) in [5, 5.41) is 0. The first kappa shape index (κ1) is 19.0. The third-order valence-electron chi connectivity index (χ3n) is 3.72. The number of halogens is 3. The highest BCUT2D eigenvalue weighted by Crippen LogP contribution is 2.38. The number of hydrogen-bond donors (Lipinski definition) is 0. The molecule has 2 aromatic rings. The quantitative estimate of drug-likeness (QED) is 0.696. The molecule has 2 aromatic carbocycles. The maximum Gasteiger partial charge on any atom is 0.573 e. The molecule has 0 unspecified atom stereocenters. The van der Waals surface area contributed by atoms with Gasteiger partial charge in [0.1, 0.15) is 5.75 Å². The van der Waals surface area contributed by atoms with Gasteiger partial charge in [-0.1, -0.05) is 37.3 Å². The second kappa shape index (κ2) is 7.48. The van der Waals surface area contributed by atoms with Gasteiger partial charge in [0.2, 0.25) is 0 Å². The van der Waals surface area contributed by atoms with Crippen LogP contribution in [0.3, 0.4) is 0 Å². The Morgan fingerprint density at radius 1 is 0.963 bits per heavy atom. The highest BCUT2D eigenvalue weighted by molar-refractivity contribution is 8.04. The smallest absolute Gasteiger partial charge is 0.406 e. The van der Waals surface area contributed by atoms with Crippen LogP contribution in [0.4, 0.5) is 18.9 Å². The van der Waals surface area contributed by atoms with E-state index >= 15 is 0 Å². The fourth-order valence-electron chi connectivity index (χ4n) is 2.68. The molecule has 1 aliphatic rings. The molecule has 2 amide bonds. The first-order valence-corrected chi connectivity index (χ1v) is 8.97. The van der Waals surface area contributed by atoms with Crippen molar-refractivity contribution in [2.45, 2.75) is 13.3 Å². The van der Waals surface area contributed by atoms with Crippen LogP contribution < -0.4 is 9.64 Å². The standard InChI is InChI=1S/C19H14F3NO3S/c1-2-27-16-15(12-6-4-3-5-7-12)17(24)23(18(16)25)13-8-10-14(11-9-13)26-19(20,21)22/h3-11H,2H2,1H3. The van der Waals surface area contributed by atoms with Crippen molar-refractivity contribution in [3.63, 3.8) is 0 Å². The number of ether oxygens (including phenoxy) is 1. The molecule has 0 saturated carbocycles. The van der Waals surface area contributed by atoms with Crippen LogP contribution in [0.2, 0.25) is 0 Å². The van der Waals surface area contributed by atoms with Crippen LogP contribution in [0.1, 0.15) is 12.5 Å². The van der Waals surface area contributed by atoms with E-state index in [9.17, 15) is 22.8 Å². The summed E-state index contributed by atoms with van der Waals surface area (Å²) in [4.78, 5) is 27.1. The molecule has 1 heterocycles. The van der Waals surface area contributed by atoms with Crippen molar-refractivity contribution in [2.24, 2.45) is 0 Å². The van der Waals surface area contributed by atoms with Crippen molar-refractivity contribution in [3.8, 4) is 5.75 Å². The lowest BCUT2D eigenvalue weighted by atomic mass is 10.1. The molecule has 0 aliphatic carbocycles. The zero-order valence-electron chi connectivity index (χ0n) is 14.1. The Kier molecular flexibility index (Phi) is 5.27. The molecular formula is C19H14F3NO3S. The maximum atomic E-state index is 12.9. The predicted octanol–water partition coefficient (Wildman–Crippen LogP) is 4.62. The van der Waals surface area contributed by atoms with Gasteiger partial charge in [0.05, 0.1) is 16.2 Å². The SMILES string of the molecule is CCSC1=C(c2ccccc2)C(=O)N(c2ccc(OC(F)(F)F)cc2)C1=O. The topological polar surface area (TPSA) is 46.6 Å². The number of imide groups is 1. The van der Waals surface area contributed by atoms with Gasteiger partial charge in [-0.15, -0.1) is 24.9 Å². The highest BCUT2D eigenvalue weighted by Gasteiger charge is 2.40. The molecule has 27 heavy (non-hydrogen) atoms. The molecule has 1 aliphatic heterocycles. The average molecular weight is 393 g/mol. The number of hydrogen-bond acceptors (Lipinski definition) is 4. The summed E-state index contributed by atoms with van der Waals surface area (Å²) in [5.74, 6) is -0.830. The van der Waals surface area contributed by atoms with E-state index in [1.165, 1.54) is 23.9 Å². The summed E-state index contributed by atoms with van der Waals surface area (Å²) in [6, 6.07) is 13.4. The maximum absolute atomic E-state index is 12.9. The largest absolute Gasteiger partial charge is 0.573 e. The van der Waals surface area contributed by atoms with Crippen molar-refractivity contribution < 1.29 is 27.5 Å². The second-order valence-electron chi connectivity index (χ2n) is 5.49. The highest BCUT2D eigenvalue weighted by atomic mass is 32.2. The number of carbonyl (C=O) groups is 2. The molecule has 0 bridgehead atoms. The van der Waals surface area contributed by atoms with Gasteiger partial charge in [-0.05, 0) is 35.6 Å². The molecule has 0 aromatic heterocycles. The Hall–Kier alpha value is -2.74. The lowest BCUT2D eigenvalue weighted by Gasteiger charge is -2.16. The van der Waals surface area contributed by atoms with Gasteiger partial charge in [0.15, 0.2) is 0 Å².